The van der Waals surface area contributed by atoms with E-state index in [9.17, 15) is 38.9 Å². The predicted octanol–water partition coefficient (Wildman–Crippen LogP) is 2.99. The molecular weight excluding hydrogens is 689 g/mol. The van der Waals surface area contributed by atoms with Gasteiger partial charge in [-0.05, 0) is 71.2 Å². The van der Waals surface area contributed by atoms with Crippen LogP contribution >= 0.6 is 34.8 Å². The molecule has 0 atom stereocenters. The molecule has 2 heterocycles. The van der Waals surface area contributed by atoms with Crippen LogP contribution in [0.25, 0.3) is 0 Å². The van der Waals surface area contributed by atoms with Crippen LogP contribution < -0.4 is 16.0 Å². The maximum absolute atomic E-state index is 12.1. The van der Waals surface area contributed by atoms with Crippen molar-refractivity contribution >= 4 is 100 Å². The Morgan fingerprint density at radius 1 is 0.524 bits per heavy atom. The van der Waals surface area contributed by atoms with Crippen molar-refractivity contribution in [1.29, 1.82) is 0 Å². The molecule has 0 radical (unpaired) electrons. The third-order valence-corrected chi connectivity index (χ3v) is 7.75. The fourth-order valence-electron chi connectivity index (χ4n) is 3.08. The number of benzene rings is 2. The monoisotopic (exact) mass is 699 g/mol. The summed E-state index contributed by atoms with van der Waals surface area (Å²) in [5.41, 5.74) is -0.505. The van der Waals surface area contributed by atoms with Gasteiger partial charge in [-0.3, -0.25) is 13.7 Å². The SMILES string of the molecule is O=S(=O)(O)c1cc(Nc2nc(Cl)nc(Nc3ccc(Nc4nc(Cl)nc(Cl)n4)c(S(=O)(=O)O)c3)n2)cc(S(=O)(=O)O)c1. The fraction of sp³-hybridized carbons (Fsp3) is 0. The van der Waals surface area contributed by atoms with Crippen LogP contribution in [-0.2, 0) is 30.4 Å². The molecule has 0 saturated heterocycles. The van der Waals surface area contributed by atoms with E-state index in [1.54, 1.807) is 0 Å². The highest BCUT2D eigenvalue weighted by Crippen LogP contribution is 2.29. The lowest BCUT2D eigenvalue weighted by Crippen LogP contribution is -2.08. The standard InChI is InChI=1S/C18H12Cl3N9O9S3/c19-13-25-14(20)27-18(26-13)24-11-2-1-7(5-12(11)42(37,38)39)22-16-28-15(21)29-17(30-16)23-8-3-9(40(31,32)33)6-10(4-8)41(34,35)36/h1-6H,(H,31,32,33)(H,34,35,36)(H,37,38,39)(H,24,25,26,27)(H2,22,23,28,29,30). The topological polar surface area (TPSA) is 277 Å². The molecule has 2 aromatic carbocycles. The highest BCUT2D eigenvalue weighted by molar-refractivity contribution is 7.86. The molecule has 0 fully saturated rings. The molecule has 0 bridgehead atoms. The van der Waals surface area contributed by atoms with Gasteiger partial charge in [0.15, 0.2) is 0 Å². The summed E-state index contributed by atoms with van der Waals surface area (Å²) in [5, 5.41) is 6.59. The number of aromatic nitrogens is 6. The average molecular weight is 701 g/mol. The Bertz CT molecular complexity index is 1980. The van der Waals surface area contributed by atoms with Crippen LogP contribution in [-0.4, -0.2) is 68.8 Å². The second-order valence-electron chi connectivity index (χ2n) is 7.65. The normalized spacial score (nSPS) is 12.1. The molecule has 4 rings (SSSR count). The quantitative estimate of drug-likeness (QED) is 0.137. The van der Waals surface area contributed by atoms with Gasteiger partial charge >= 0.3 is 0 Å². The Balaban J connectivity index is 1.67. The molecule has 0 aliphatic rings. The van der Waals surface area contributed by atoms with Crippen LogP contribution in [0.4, 0.5) is 34.9 Å². The van der Waals surface area contributed by atoms with E-state index in [-0.39, 0.29) is 45.5 Å². The van der Waals surface area contributed by atoms with E-state index in [0.717, 1.165) is 18.2 Å². The van der Waals surface area contributed by atoms with Crippen LogP contribution in [0.3, 0.4) is 0 Å². The van der Waals surface area contributed by atoms with Gasteiger partial charge in [0.1, 0.15) is 4.90 Å². The number of nitrogens with zero attached hydrogens (tertiary/aromatic N) is 6. The molecule has 6 N–H and O–H groups in total. The Hall–Kier alpha value is -3.54. The molecular formula is C18H12Cl3N9O9S3. The minimum atomic E-state index is -4.91. The van der Waals surface area contributed by atoms with Gasteiger partial charge in [0.2, 0.25) is 33.7 Å². The summed E-state index contributed by atoms with van der Waals surface area (Å²) in [6.45, 7) is 0. The zero-order valence-electron chi connectivity index (χ0n) is 19.8. The van der Waals surface area contributed by atoms with Gasteiger partial charge in [-0.1, -0.05) is 0 Å². The zero-order valence-corrected chi connectivity index (χ0v) is 24.5. The van der Waals surface area contributed by atoms with Gasteiger partial charge in [0, 0.05) is 11.4 Å². The summed E-state index contributed by atoms with van der Waals surface area (Å²) in [6, 6.07) is 5.63. The van der Waals surface area contributed by atoms with E-state index in [2.05, 4.69) is 45.9 Å². The minimum Gasteiger partial charge on any atom is -0.324 e. The number of hydrogen-bond acceptors (Lipinski definition) is 15. The summed E-state index contributed by atoms with van der Waals surface area (Å²) < 4.78 is 98.9. The summed E-state index contributed by atoms with van der Waals surface area (Å²) >= 11 is 17.4. The second-order valence-corrected chi connectivity index (χ2v) is 12.9. The highest BCUT2D eigenvalue weighted by Gasteiger charge is 2.20. The third kappa shape index (κ3) is 8.05. The van der Waals surface area contributed by atoms with E-state index >= 15 is 0 Å². The first-order valence-electron chi connectivity index (χ1n) is 10.4. The van der Waals surface area contributed by atoms with E-state index in [1.165, 1.54) is 12.1 Å². The molecule has 2 aromatic heterocycles. The zero-order chi connectivity index (χ0) is 31.0. The average Bonchev–Trinajstić information content (AvgIpc) is 2.82. The molecule has 0 unspecified atom stereocenters. The summed E-state index contributed by atoms with van der Waals surface area (Å²) in [4.78, 5) is 20.2. The van der Waals surface area contributed by atoms with E-state index in [0.29, 0.717) is 6.07 Å². The largest absolute Gasteiger partial charge is 0.324 e. The van der Waals surface area contributed by atoms with Crippen molar-refractivity contribution in [3.05, 3.63) is 52.2 Å². The van der Waals surface area contributed by atoms with E-state index < -0.39 is 50.3 Å². The second kappa shape index (κ2) is 11.6. The maximum Gasteiger partial charge on any atom is 0.296 e. The molecule has 0 aliphatic heterocycles. The van der Waals surface area contributed by atoms with Crippen molar-refractivity contribution in [3.8, 4) is 0 Å². The van der Waals surface area contributed by atoms with Crippen molar-refractivity contribution in [2.24, 2.45) is 0 Å². The lowest BCUT2D eigenvalue weighted by Gasteiger charge is -2.13. The van der Waals surface area contributed by atoms with Gasteiger partial charge < -0.3 is 16.0 Å². The number of rotatable bonds is 9. The lowest BCUT2D eigenvalue weighted by atomic mass is 10.3. The summed E-state index contributed by atoms with van der Waals surface area (Å²) in [5.74, 6) is -0.930. The Morgan fingerprint density at radius 2 is 0.976 bits per heavy atom. The van der Waals surface area contributed by atoms with Crippen molar-refractivity contribution < 1.29 is 38.9 Å². The van der Waals surface area contributed by atoms with Gasteiger partial charge in [0.05, 0.1) is 15.5 Å². The molecule has 222 valence electrons. The smallest absolute Gasteiger partial charge is 0.296 e. The lowest BCUT2D eigenvalue weighted by molar-refractivity contribution is 0.479. The molecule has 0 amide bonds. The minimum absolute atomic E-state index is 0.00451. The summed E-state index contributed by atoms with van der Waals surface area (Å²) in [7, 11) is -14.7. The number of hydrogen-bond donors (Lipinski definition) is 6. The van der Waals surface area contributed by atoms with Crippen molar-refractivity contribution in [1.82, 2.24) is 29.9 Å². The molecule has 42 heavy (non-hydrogen) atoms. The molecule has 18 nitrogen and oxygen atoms in total. The van der Waals surface area contributed by atoms with E-state index in [4.69, 9.17) is 34.8 Å². The van der Waals surface area contributed by atoms with Crippen LogP contribution in [0.5, 0.6) is 0 Å². The predicted molar refractivity (Wildman–Crippen MR) is 147 cm³/mol. The third-order valence-electron chi connectivity index (χ3n) is 4.68. The van der Waals surface area contributed by atoms with Crippen LogP contribution in [0.15, 0.2) is 51.1 Å². The molecule has 0 spiro atoms. The molecule has 24 heteroatoms. The number of anilines is 6. The van der Waals surface area contributed by atoms with Crippen molar-refractivity contribution in [2.75, 3.05) is 16.0 Å². The van der Waals surface area contributed by atoms with Gasteiger partial charge in [0.25, 0.3) is 30.4 Å². The van der Waals surface area contributed by atoms with Crippen molar-refractivity contribution in [3.63, 3.8) is 0 Å². The first kappa shape index (κ1) is 31.4. The molecule has 0 saturated carbocycles. The molecule has 0 aliphatic carbocycles. The van der Waals surface area contributed by atoms with Gasteiger partial charge in [-0.15, -0.1) is 0 Å². The van der Waals surface area contributed by atoms with Crippen LogP contribution in [0, 0.1) is 0 Å². The fourth-order valence-corrected chi connectivity index (χ4v) is 5.46. The van der Waals surface area contributed by atoms with E-state index in [1.807, 2.05) is 0 Å². The highest BCUT2D eigenvalue weighted by atomic mass is 35.5. The van der Waals surface area contributed by atoms with Gasteiger partial charge in [-0.25, -0.2) is 0 Å². The Kier molecular flexibility index (Phi) is 8.69. The first-order valence-corrected chi connectivity index (χ1v) is 15.8. The van der Waals surface area contributed by atoms with Gasteiger partial charge in [-0.2, -0.15) is 55.2 Å². The molecule has 4 aromatic rings. The van der Waals surface area contributed by atoms with Crippen molar-refractivity contribution in [2.45, 2.75) is 14.7 Å². The first-order chi connectivity index (χ1) is 19.4. The Morgan fingerprint density at radius 3 is 1.45 bits per heavy atom. The number of halogens is 3. The van der Waals surface area contributed by atoms with Crippen LogP contribution in [0.1, 0.15) is 0 Å². The summed E-state index contributed by atoms with van der Waals surface area (Å²) in [6.07, 6.45) is 0. The Labute approximate surface area is 250 Å². The maximum atomic E-state index is 12.1. The number of nitrogens with one attached hydrogen (secondary N) is 3. The van der Waals surface area contributed by atoms with Crippen LogP contribution in [0.2, 0.25) is 15.9 Å².